The maximum absolute atomic E-state index is 12.1. The molecule has 3 N–H and O–H groups in total. The van der Waals surface area contributed by atoms with Crippen LogP contribution in [0.15, 0.2) is 30.5 Å². The zero-order chi connectivity index (χ0) is 20.5. The van der Waals surface area contributed by atoms with Crippen LogP contribution in [0.5, 0.6) is 5.75 Å². The second kappa shape index (κ2) is 10.6. The molecule has 1 aromatic heterocycles. The minimum atomic E-state index is -0.344. The number of anilines is 1. The third-order valence-electron chi connectivity index (χ3n) is 4.73. The van der Waals surface area contributed by atoms with Crippen LogP contribution in [0.4, 0.5) is 5.69 Å². The molecule has 0 fully saturated rings. The van der Waals surface area contributed by atoms with Crippen molar-refractivity contribution in [2.75, 3.05) is 31.6 Å². The second-order valence-electron chi connectivity index (χ2n) is 6.45. The standard InChI is InChI=1S/C21H29N3O4/c1-4-24(5-2)10-11-28-21(27)16-6-8-18(9-7-16)23-13-19-17(14-25)12-22-15(3)20(19)26/h6-9,12,23,25-26H,4-5,10-11,13-14H2,1-3H3. The van der Waals surface area contributed by atoms with E-state index in [9.17, 15) is 15.0 Å². The number of pyridine rings is 1. The van der Waals surface area contributed by atoms with E-state index >= 15 is 0 Å². The van der Waals surface area contributed by atoms with Crippen molar-refractivity contribution in [1.82, 2.24) is 9.88 Å². The summed E-state index contributed by atoms with van der Waals surface area (Å²) in [5.41, 5.74) is 2.97. The maximum atomic E-state index is 12.1. The molecular formula is C21H29N3O4. The molecule has 0 amide bonds. The van der Waals surface area contributed by atoms with Crippen molar-refractivity contribution in [1.29, 1.82) is 0 Å². The van der Waals surface area contributed by atoms with Gasteiger partial charge in [0.1, 0.15) is 12.4 Å². The number of aromatic nitrogens is 1. The first-order chi connectivity index (χ1) is 13.5. The second-order valence-corrected chi connectivity index (χ2v) is 6.45. The highest BCUT2D eigenvalue weighted by molar-refractivity contribution is 5.89. The zero-order valence-corrected chi connectivity index (χ0v) is 16.7. The summed E-state index contributed by atoms with van der Waals surface area (Å²) in [4.78, 5) is 18.4. The van der Waals surface area contributed by atoms with Crippen molar-refractivity contribution in [3.8, 4) is 5.75 Å². The third kappa shape index (κ3) is 5.68. The smallest absolute Gasteiger partial charge is 0.338 e. The SMILES string of the molecule is CCN(CC)CCOC(=O)c1ccc(NCc2c(CO)cnc(C)c2O)cc1. The molecule has 2 rings (SSSR count). The lowest BCUT2D eigenvalue weighted by Gasteiger charge is -2.17. The number of nitrogens with one attached hydrogen (secondary N) is 1. The molecule has 0 aliphatic carbocycles. The van der Waals surface area contributed by atoms with E-state index in [2.05, 4.69) is 29.0 Å². The van der Waals surface area contributed by atoms with E-state index in [4.69, 9.17) is 4.74 Å². The fraction of sp³-hybridized carbons (Fsp3) is 0.429. The molecule has 0 saturated heterocycles. The van der Waals surface area contributed by atoms with Gasteiger partial charge in [-0.2, -0.15) is 0 Å². The molecule has 0 atom stereocenters. The predicted octanol–water partition coefficient (Wildman–Crippen LogP) is 2.70. The van der Waals surface area contributed by atoms with Crippen LogP contribution in [0.2, 0.25) is 0 Å². The minimum absolute atomic E-state index is 0.0763. The number of aliphatic hydroxyl groups excluding tert-OH is 1. The van der Waals surface area contributed by atoms with Crippen molar-refractivity contribution in [3.63, 3.8) is 0 Å². The van der Waals surface area contributed by atoms with Crippen LogP contribution in [0.1, 0.15) is 41.0 Å². The van der Waals surface area contributed by atoms with Gasteiger partial charge in [0.25, 0.3) is 0 Å². The van der Waals surface area contributed by atoms with Gasteiger partial charge in [-0.25, -0.2) is 4.79 Å². The summed E-state index contributed by atoms with van der Waals surface area (Å²) >= 11 is 0. The zero-order valence-electron chi connectivity index (χ0n) is 16.7. The molecule has 0 aliphatic heterocycles. The average Bonchev–Trinajstić information content (AvgIpc) is 2.72. The summed E-state index contributed by atoms with van der Waals surface area (Å²) in [5, 5.41) is 22.8. The van der Waals surface area contributed by atoms with Gasteiger partial charge in [-0.3, -0.25) is 4.98 Å². The van der Waals surface area contributed by atoms with Gasteiger partial charge >= 0.3 is 5.97 Å². The minimum Gasteiger partial charge on any atom is -0.506 e. The van der Waals surface area contributed by atoms with Gasteiger partial charge in [-0.05, 0) is 44.3 Å². The lowest BCUT2D eigenvalue weighted by Crippen LogP contribution is -2.27. The first-order valence-electron chi connectivity index (χ1n) is 9.50. The fourth-order valence-corrected chi connectivity index (χ4v) is 2.82. The third-order valence-corrected chi connectivity index (χ3v) is 4.73. The molecule has 1 aromatic carbocycles. The Morgan fingerprint density at radius 1 is 1.21 bits per heavy atom. The Labute approximate surface area is 166 Å². The molecule has 152 valence electrons. The lowest BCUT2D eigenvalue weighted by molar-refractivity contribution is 0.0466. The van der Waals surface area contributed by atoms with Crippen molar-refractivity contribution in [2.24, 2.45) is 0 Å². The number of rotatable bonds is 10. The molecule has 0 radical (unpaired) electrons. The number of aryl methyl sites for hydroxylation is 1. The van der Waals surface area contributed by atoms with Gasteiger partial charge in [-0.15, -0.1) is 0 Å². The van der Waals surface area contributed by atoms with Crippen molar-refractivity contribution >= 4 is 11.7 Å². The summed E-state index contributed by atoms with van der Waals surface area (Å²) in [6, 6.07) is 6.97. The van der Waals surface area contributed by atoms with E-state index in [0.717, 1.165) is 25.3 Å². The lowest BCUT2D eigenvalue weighted by atomic mass is 10.1. The van der Waals surface area contributed by atoms with Gasteiger partial charge in [-0.1, -0.05) is 13.8 Å². The summed E-state index contributed by atoms with van der Waals surface area (Å²) in [6.45, 7) is 8.94. The van der Waals surface area contributed by atoms with Crippen LogP contribution in [0, 0.1) is 6.92 Å². The fourth-order valence-electron chi connectivity index (χ4n) is 2.82. The van der Waals surface area contributed by atoms with E-state index in [0.29, 0.717) is 35.5 Å². The first kappa shape index (κ1) is 21.7. The van der Waals surface area contributed by atoms with E-state index in [-0.39, 0.29) is 18.3 Å². The van der Waals surface area contributed by atoms with E-state index in [1.807, 2.05) is 0 Å². The number of aliphatic hydroxyl groups is 1. The van der Waals surface area contributed by atoms with Crippen LogP contribution in [-0.4, -0.2) is 52.3 Å². The molecule has 1 heterocycles. The first-order valence-corrected chi connectivity index (χ1v) is 9.50. The Hall–Kier alpha value is -2.64. The topological polar surface area (TPSA) is 94.9 Å². The molecule has 0 saturated carbocycles. The summed E-state index contributed by atoms with van der Waals surface area (Å²) in [5.74, 6) is -0.267. The molecule has 0 bridgehead atoms. The molecule has 28 heavy (non-hydrogen) atoms. The number of aromatic hydroxyl groups is 1. The predicted molar refractivity (Wildman–Crippen MR) is 108 cm³/mol. The molecule has 0 aliphatic rings. The van der Waals surface area contributed by atoms with Crippen molar-refractivity contribution in [2.45, 2.75) is 33.9 Å². The Balaban J connectivity index is 1.93. The number of carbonyl (C=O) groups is 1. The van der Waals surface area contributed by atoms with Crippen molar-refractivity contribution < 1.29 is 19.7 Å². The molecular weight excluding hydrogens is 358 g/mol. The van der Waals surface area contributed by atoms with E-state index in [1.54, 1.807) is 37.4 Å². The Bertz CT molecular complexity index is 774. The number of hydrogen-bond donors (Lipinski definition) is 3. The normalized spacial score (nSPS) is 10.9. The van der Waals surface area contributed by atoms with Crippen LogP contribution in [0.25, 0.3) is 0 Å². The molecule has 0 unspecified atom stereocenters. The Morgan fingerprint density at radius 3 is 2.50 bits per heavy atom. The number of benzene rings is 1. The van der Waals surface area contributed by atoms with Gasteiger partial charge in [0, 0.05) is 36.1 Å². The number of carbonyl (C=O) groups excluding carboxylic acids is 1. The number of ether oxygens (including phenoxy) is 1. The number of esters is 1. The van der Waals surface area contributed by atoms with Gasteiger partial charge in [0.05, 0.1) is 17.9 Å². The highest BCUT2D eigenvalue weighted by Gasteiger charge is 2.12. The molecule has 7 nitrogen and oxygen atoms in total. The monoisotopic (exact) mass is 387 g/mol. The van der Waals surface area contributed by atoms with Crippen LogP contribution in [0.3, 0.4) is 0 Å². The molecule has 2 aromatic rings. The number of likely N-dealkylation sites (N-methyl/N-ethyl adjacent to an activating group) is 1. The quantitative estimate of drug-likeness (QED) is 0.540. The Kier molecular flexibility index (Phi) is 8.22. The molecule has 0 spiro atoms. The van der Waals surface area contributed by atoms with Gasteiger partial charge in [0.2, 0.25) is 0 Å². The summed E-state index contributed by atoms with van der Waals surface area (Å²) in [7, 11) is 0. The van der Waals surface area contributed by atoms with Crippen LogP contribution >= 0.6 is 0 Å². The highest BCUT2D eigenvalue weighted by Crippen LogP contribution is 2.25. The van der Waals surface area contributed by atoms with Gasteiger partial charge < -0.3 is 25.2 Å². The van der Waals surface area contributed by atoms with E-state index in [1.165, 1.54) is 0 Å². The van der Waals surface area contributed by atoms with E-state index < -0.39 is 0 Å². The van der Waals surface area contributed by atoms with Gasteiger partial charge in [0.15, 0.2) is 0 Å². The van der Waals surface area contributed by atoms with Crippen LogP contribution < -0.4 is 5.32 Å². The van der Waals surface area contributed by atoms with Crippen molar-refractivity contribution in [3.05, 3.63) is 52.8 Å². The summed E-state index contributed by atoms with van der Waals surface area (Å²) in [6.07, 6.45) is 1.56. The highest BCUT2D eigenvalue weighted by atomic mass is 16.5. The molecule has 7 heteroatoms. The summed E-state index contributed by atoms with van der Waals surface area (Å²) < 4.78 is 5.32. The van der Waals surface area contributed by atoms with Crippen LogP contribution in [-0.2, 0) is 17.9 Å². The number of hydrogen-bond acceptors (Lipinski definition) is 7. The number of nitrogens with zero attached hydrogens (tertiary/aromatic N) is 2. The average molecular weight is 387 g/mol. The largest absolute Gasteiger partial charge is 0.506 e. The Morgan fingerprint density at radius 2 is 1.89 bits per heavy atom. The maximum Gasteiger partial charge on any atom is 0.338 e.